The van der Waals surface area contributed by atoms with Crippen molar-refractivity contribution in [2.24, 2.45) is 0 Å². The molecule has 22 heavy (non-hydrogen) atoms. The van der Waals surface area contributed by atoms with Crippen LogP contribution in [-0.2, 0) is 14.8 Å². The minimum absolute atomic E-state index is 0.0589. The molecular formula is C14H20N2O3S3. The molecule has 3 heterocycles. The predicted octanol–water partition coefficient (Wildman–Crippen LogP) is 1.82. The molecule has 1 aromatic rings. The third kappa shape index (κ3) is 3.06. The summed E-state index contributed by atoms with van der Waals surface area (Å²) in [5.41, 5.74) is 0. The van der Waals surface area contributed by atoms with Crippen LogP contribution in [0, 0.1) is 0 Å². The van der Waals surface area contributed by atoms with E-state index >= 15 is 0 Å². The predicted molar refractivity (Wildman–Crippen MR) is 89.8 cm³/mol. The van der Waals surface area contributed by atoms with E-state index in [1.54, 1.807) is 17.5 Å². The van der Waals surface area contributed by atoms with Gasteiger partial charge in [0.1, 0.15) is 10.3 Å². The van der Waals surface area contributed by atoms with Crippen molar-refractivity contribution in [3.63, 3.8) is 0 Å². The van der Waals surface area contributed by atoms with Gasteiger partial charge in [-0.15, -0.1) is 11.3 Å². The maximum absolute atomic E-state index is 12.8. The molecule has 122 valence electrons. The van der Waals surface area contributed by atoms with Crippen LogP contribution < -0.4 is 0 Å². The smallest absolute Gasteiger partial charge is 0.253 e. The van der Waals surface area contributed by atoms with Crippen molar-refractivity contribution in [2.75, 3.05) is 19.6 Å². The van der Waals surface area contributed by atoms with Crippen LogP contribution in [0.3, 0.4) is 0 Å². The molecule has 0 bridgehead atoms. The number of hydrogen-bond acceptors (Lipinski definition) is 5. The molecule has 0 radical (unpaired) electrons. The second kappa shape index (κ2) is 6.51. The molecule has 0 aromatic carbocycles. The van der Waals surface area contributed by atoms with E-state index in [2.05, 4.69) is 12.6 Å². The normalized spacial score (nSPS) is 27.2. The number of sulfonamides is 1. The maximum Gasteiger partial charge on any atom is 0.253 e. The summed E-state index contributed by atoms with van der Waals surface area (Å²) in [5.74, 6) is -0.0589. The number of rotatable bonds is 3. The lowest BCUT2D eigenvalue weighted by molar-refractivity contribution is -0.135. The van der Waals surface area contributed by atoms with Crippen molar-refractivity contribution < 1.29 is 13.2 Å². The molecule has 2 atom stereocenters. The fourth-order valence-electron chi connectivity index (χ4n) is 3.13. The molecule has 0 N–H and O–H groups in total. The van der Waals surface area contributed by atoms with E-state index in [1.165, 1.54) is 15.6 Å². The Labute approximate surface area is 140 Å². The average molecular weight is 361 g/mol. The minimum atomic E-state index is -3.61. The number of amides is 1. The lowest BCUT2D eigenvalue weighted by Crippen LogP contribution is -2.49. The highest BCUT2D eigenvalue weighted by Crippen LogP contribution is 2.32. The summed E-state index contributed by atoms with van der Waals surface area (Å²) >= 11 is 5.61. The third-order valence-corrected chi connectivity index (χ3v) is 7.87. The Morgan fingerprint density at radius 1 is 1.27 bits per heavy atom. The second-order valence-electron chi connectivity index (χ2n) is 5.80. The first-order valence-electron chi connectivity index (χ1n) is 7.52. The highest BCUT2D eigenvalue weighted by Gasteiger charge is 2.44. The van der Waals surface area contributed by atoms with Gasteiger partial charge < -0.3 is 4.90 Å². The van der Waals surface area contributed by atoms with E-state index < -0.39 is 16.1 Å². The van der Waals surface area contributed by atoms with Crippen molar-refractivity contribution in [1.82, 2.24) is 9.21 Å². The zero-order valence-corrected chi connectivity index (χ0v) is 14.7. The number of thiol groups is 1. The minimum Gasteiger partial charge on any atom is -0.341 e. The Hall–Kier alpha value is -0.570. The summed E-state index contributed by atoms with van der Waals surface area (Å²) in [5, 5.41) is 1.65. The van der Waals surface area contributed by atoms with Gasteiger partial charge in [0, 0.05) is 24.9 Å². The number of nitrogens with zero attached hydrogens (tertiary/aromatic N) is 2. The second-order valence-corrected chi connectivity index (χ2v) is 9.59. The van der Waals surface area contributed by atoms with Crippen molar-refractivity contribution in [3.8, 4) is 0 Å². The van der Waals surface area contributed by atoms with Gasteiger partial charge in [-0.25, -0.2) is 8.42 Å². The monoisotopic (exact) mass is 360 g/mol. The highest BCUT2D eigenvalue weighted by atomic mass is 32.2. The molecule has 0 spiro atoms. The van der Waals surface area contributed by atoms with Crippen LogP contribution >= 0.6 is 24.0 Å². The van der Waals surface area contributed by atoms with Crippen LogP contribution in [0.5, 0.6) is 0 Å². The van der Waals surface area contributed by atoms with Gasteiger partial charge in [-0.2, -0.15) is 16.9 Å². The number of carbonyl (C=O) groups is 1. The van der Waals surface area contributed by atoms with E-state index in [1.807, 2.05) is 4.90 Å². The molecular weight excluding hydrogens is 340 g/mol. The van der Waals surface area contributed by atoms with Crippen LogP contribution in [0.15, 0.2) is 21.7 Å². The molecule has 0 saturated carbocycles. The van der Waals surface area contributed by atoms with Crippen LogP contribution in [0.25, 0.3) is 0 Å². The molecule has 3 rings (SSSR count). The number of piperidine rings is 1. The van der Waals surface area contributed by atoms with E-state index in [-0.39, 0.29) is 11.2 Å². The average Bonchev–Trinajstić information content (AvgIpc) is 3.17. The number of hydrogen-bond donors (Lipinski definition) is 1. The summed E-state index contributed by atoms with van der Waals surface area (Å²) in [6, 6.07) is 2.70. The molecule has 8 heteroatoms. The molecule has 2 saturated heterocycles. The topological polar surface area (TPSA) is 57.7 Å². The summed E-state index contributed by atoms with van der Waals surface area (Å²) in [6.07, 6.45) is 3.63. The van der Waals surface area contributed by atoms with Gasteiger partial charge in [0.15, 0.2) is 0 Å². The molecule has 2 aliphatic rings. The van der Waals surface area contributed by atoms with Crippen molar-refractivity contribution in [2.45, 2.75) is 41.2 Å². The standard InChI is InChI=1S/C14H20N2O3S3/c17-14(15-6-2-1-3-7-15)12-9-11(20)10-16(12)22(18,19)13-5-4-8-21-13/h4-5,8,11-12,20H,1-3,6-7,9-10H2/t11-,12-/m0/s1. The first-order valence-corrected chi connectivity index (χ1v) is 10.4. The summed E-state index contributed by atoms with van der Waals surface area (Å²) in [4.78, 5) is 14.6. The molecule has 2 aliphatic heterocycles. The highest BCUT2D eigenvalue weighted by molar-refractivity contribution is 7.91. The third-order valence-electron chi connectivity index (χ3n) is 4.24. The van der Waals surface area contributed by atoms with E-state index in [0.29, 0.717) is 17.2 Å². The Kier molecular flexibility index (Phi) is 4.82. The zero-order valence-electron chi connectivity index (χ0n) is 12.2. The SMILES string of the molecule is O=C([C@@H]1C[C@H](S)CN1S(=O)(=O)c1cccs1)N1CCCCC1. The molecule has 1 amide bonds. The Morgan fingerprint density at radius 2 is 2.00 bits per heavy atom. The molecule has 5 nitrogen and oxygen atoms in total. The summed E-state index contributed by atoms with van der Waals surface area (Å²) < 4.78 is 27.2. The molecule has 1 aromatic heterocycles. The van der Waals surface area contributed by atoms with E-state index in [4.69, 9.17) is 0 Å². The van der Waals surface area contributed by atoms with Gasteiger partial charge >= 0.3 is 0 Å². The van der Waals surface area contributed by atoms with Gasteiger partial charge in [0.2, 0.25) is 5.91 Å². The maximum atomic E-state index is 12.8. The van der Waals surface area contributed by atoms with Crippen molar-refractivity contribution >= 4 is 39.9 Å². The number of carbonyl (C=O) groups excluding carboxylic acids is 1. The fraction of sp³-hybridized carbons (Fsp3) is 0.643. The largest absolute Gasteiger partial charge is 0.341 e. The van der Waals surface area contributed by atoms with Crippen LogP contribution in [-0.4, -0.2) is 54.5 Å². The number of thiophene rings is 1. The summed E-state index contributed by atoms with van der Waals surface area (Å²) in [7, 11) is -3.61. The van der Waals surface area contributed by atoms with Gasteiger partial charge in [0.25, 0.3) is 10.0 Å². The lowest BCUT2D eigenvalue weighted by atomic mass is 10.1. The first-order chi connectivity index (χ1) is 10.5. The van der Waals surface area contributed by atoms with Gasteiger partial charge in [-0.05, 0) is 37.1 Å². The van der Waals surface area contributed by atoms with Crippen LogP contribution in [0.1, 0.15) is 25.7 Å². The van der Waals surface area contributed by atoms with Crippen molar-refractivity contribution in [3.05, 3.63) is 17.5 Å². The zero-order chi connectivity index (χ0) is 15.7. The number of likely N-dealkylation sites (tertiary alicyclic amines) is 1. The molecule has 2 fully saturated rings. The summed E-state index contributed by atoms with van der Waals surface area (Å²) in [6.45, 7) is 1.77. The van der Waals surface area contributed by atoms with E-state index in [0.717, 1.165) is 32.4 Å². The van der Waals surface area contributed by atoms with Crippen LogP contribution in [0.2, 0.25) is 0 Å². The Balaban J connectivity index is 1.84. The van der Waals surface area contributed by atoms with Crippen molar-refractivity contribution in [1.29, 1.82) is 0 Å². The van der Waals surface area contributed by atoms with Crippen LogP contribution in [0.4, 0.5) is 0 Å². The van der Waals surface area contributed by atoms with Gasteiger partial charge in [-0.1, -0.05) is 6.07 Å². The molecule has 0 aliphatic carbocycles. The van der Waals surface area contributed by atoms with Gasteiger partial charge in [0.05, 0.1) is 0 Å². The molecule has 0 unspecified atom stereocenters. The quantitative estimate of drug-likeness (QED) is 0.837. The fourth-order valence-corrected chi connectivity index (χ4v) is 6.37. The Bertz CT molecular complexity index is 624. The van der Waals surface area contributed by atoms with E-state index in [9.17, 15) is 13.2 Å². The van der Waals surface area contributed by atoms with Gasteiger partial charge in [-0.3, -0.25) is 4.79 Å². The first kappa shape index (κ1) is 16.3. The Morgan fingerprint density at radius 3 is 2.64 bits per heavy atom. The lowest BCUT2D eigenvalue weighted by Gasteiger charge is -2.31.